The van der Waals surface area contributed by atoms with Crippen molar-refractivity contribution in [1.82, 2.24) is 19.0 Å². The Bertz CT molecular complexity index is 706. The maximum atomic E-state index is 13.2. The number of piperazine rings is 1. The number of rotatable bonds is 7. The van der Waals surface area contributed by atoms with Crippen LogP contribution in [0.25, 0.3) is 0 Å². The number of carbonyl (C=O) groups excluding carboxylic acids is 2. The normalized spacial score (nSPS) is 26.7. The fourth-order valence-electron chi connectivity index (χ4n) is 4.88. The Morgan fingerprint density at radius 1 is 1.00 bits per heavy atom. The molecule has 2 amide bonds. The average Bonchev–Trinajstić information content (AvgIpc) is 3.08. The van der Waals surface area contributed by atoms with Gasteiger partial charge in [0.05, 0.1) is 12.3 Å². The quantitative estimate of drug-likeness (QED) is 0.590. The predicted molar refractivity (Wildman–Crippen MR) is 116 cm³/mol. The smallest absolute Gasteiger partial charge is 0.241 e. The molecule has 0 aliphatic carbocycles. The molecule has 0 aromatic heterocycles. The second-order valence-electron chi connectivity index (χ2n) is 8.97. The van der Waals surface area contributed by atoms with Gasteiger partial charge in [0.2, 0.25) is 21.8 Å². The van der Waals surface area contributed by atoms with Crippen LogP contribution in [0.2, 0.25) is 0 Å². The summed E-state index contributed by atoms with van der Waals surface area (Å²) in [5, 5.41) is 0. The second-order valence-corrected chi connectivity index (χ2v) is 11.0. The highest BCUT2D eigenvalue weighted by molar-refractivity contribution is 7.89. The van der Waals surface area contributed by atoms with E-state index >= 15 is 0 Å². The molecule has 0 aromatic carbocycles. The van der Waals surface area contributed by atoms with Gasteiger partial charge in [0, 0.05) is 45.3 Å². The van der Waals surface area contributed by atoms with Crippen molar-refractivity contribution in [2.75, 3.05) is 51.6 Å². The molecule has 0 bridgehead atoms. The Kier molecular flexibility index (Phi) is 8.15. The van der Waals surface area contributed by atoms with Gasteiger partial charge in [0.1, 0.15) is 6.04 Å². The Morgan fingerprint density at radius 2 is 1.73 bits per heavy atom. The Labute approximate surface area is 181 Å². The van der Waals surface area contributed by atoms with Crippen LogP contribution in [-0.4, -0.2) is 103 Å². The molecule has 30 heavy (non-hydrogen) atoms. The summed E-state index contributed by atoms with van der Waals surface area (Å²) in [6.45, 7) is 8.31. The van der Waals surface area contributed by atoms with E-state index in [0.29, 0.717) is 58.2 Å². The van der Waals surface area contributed by atoms with Crippen LogP contribution in [0, 0.1) is 0 Å². The molecule has 0 saturated carbocycles. The lowest BCUT2D eigenvalue weighted by molar-refractivity contribution is -0.139. The van der Waals surface area contributed by atoms with Gasteiger partial charge < -0.3 is 9.80 Å². The summed E-state index contributed by atoms with van der Waals surface area (Å²) >= 11 is 0. The van der Waals surface area contributed by atoms with Crippen LogP contribution in [0.15, 0.2) is 0 Å². The molecule has 3 saturated heterocycles. The van der Waals surface area contributed by atoms with Gasteiger partial charge in [-0.2, -0.15) is 4.31 Å². The van der Waals surface area contributed by atoms with Crippen molar-refractivity contribution >= 4 is 21.8 Å². The second kappa shape index (κ2) is 10.4. The van der Waals surface area contributed by atoms with Crippen LogP contribution in [0.5, 0.6) is 0 Å². The number of unbranched alkanes of at least 4 members (excludes halogenated alkanes) is 1. The summed E-state index contributed by atoms with van der Waals surface area (Å²) in [6, 6.07) is -0.254. The molecule has 0 unspecified atom stereocenters. The number of sulfonamides is 1. The molecule has 0 aromatic rings. The van der Waals surface area contributed by atoms with E-state index in [-0.39, 0.29) is 17.6 Å². The number of hydrogen-bond acceptors (Lipinski definition) is 5. The fourth-order valence-corrected chi connectivity index (χ4v) is 6.60. The lowest BCUT2D eigenvalue weighted by Crippen LogP contribution is -2.56. The van der Waals surface area contributed by atoms with Crippen molar-refractivity contribution in [1.29, 1.82) is 0 Å². The zero-order chi connectivity index (χ0) is 21.7. The first-order chi connectivity index (χ1) is 14.3. The number of piperidine rings is 1. The molecule has 3 heterocycles. The van der Waals surface area contributed by atoms with Gasteiger partial charge in [0.25, 0.3) is 0 Å². The van der Waals surface area contributed by atoms with E-state index in [1.54, 1.807) is 4.90 Å². The highest BCUT2D eigenvalue weighted by atomic mass is 32.2. The van der Waals surface area contributed by atoms with Crippen LogP contribution < -0.4 is 0 Å². The minimum absolute atomic E-state index is 0.0652. The Morgan fingerprint density at radius 3 is 2.33 bits per heavy atom. The van der Waals surface area contributed by atoms with Crippen molar-refractivity contribution in [3.63, 3.8) is 0 Å². The lowest BCUT2D eigenvalue weighted by Gasteiger charge is -2.39. The topological polar surface area (TPSA) is 81.2 Å². The van der Waals surface area contributed by atoms with Gasteiger partial charge in [0.15, 0.2) is 0 Å². The molecule has 2 atom stereocenters. The van der Waals surface area contributed by atoms with Crippen LogP contribution in [0.1, 0.15) is 58.8 Å². The first-order valence-corrected chi connectivity index (χ1v) is 13.2. The van der Waals surface area contributed by atoms with E-state index in [1.807, 2.05) is 4.90 Å². The van der Waals surface area contributed by atoms with E-state index in [9.17, 15) is 18.0 Å². The van der Waals surface area contributed by atoms with Crippen molar-refractivity contribution in [2.45, 2.75) is 70.9 Å². The van der Waals surface area contributed by atoms with Gasteiger partial charge in [-0.15, -0.1) is 0 Å². The average molecular weight is 443 g/mol. The zero-order valence-electron chi connectivity index (χ0n) is 18.6. The first-order valence-electron chi connectivity index (χ1n) is 11.6. The van der Waals surface area contributed by atoms with Crippen LogP contribution in [-0.2, 0) is 19.6 Å². The van der Waals surface area contributed by atoms with Crippen molar-refractivity contribution in [3.8, 4) is 0 Å². The summed E-state index contributed by atoms with van der Waals surface area (Å²) < 4.78 is 26.3. The molecule has 3 rings (SSSR count). The SMILES string of the molecule is CCCC[C@@H](C(=O)N1CCN(CC(=O)N2CCCC[C@@H]2C)CC1)N1CCCS1(=O)=O. The first kappa shape index (κ1) is 23.5. The highest BCUT2D eigenvalue weighted by Crippen LogP contribution is 2.23. The third-order valence-corrected chi connectivity index (χ3v) is 8.72. The molecule has 8 nitrogen and oxygen atoms in total. The summed E-state index contributed by atoms with van der Waals surface area (Å²) in [5.41, 5.74) is 0. The van der Waals surface area contributed by atoms with Crippen LogP contribution in [0.3, 0.4) is 0 Å². The van der Waals surface area contributed by atoms with Gasteiger partial charge in [-0.25, -0.2) is 8.42 Å². The molecule has 3 aliphatic heterocycles. The standard InChI is InChI=1S/C21H38N4O4S/c1-3-4-9-19(25-11-7-16-30(25,28)29)21(27)23-14-12-22(13-15-23)17-20(26)24-10-6-5-8-18(24)2/h18-19H,3-17H2,1-2H3/t18-,19-/m0/s1. The number of nitrogens with zero attached hydrogens (tertiary/aromatic N) is 4. The molecular formula is C21H38N4O4S. The number of amides is 2. The summed E-state index contributed by atoms with van der Waals surface area (Å²) in [7, 11) is -3.32. The largest absolute Gasteiger partial charge is 0.339 e. The minimum Gasteiger partial charge on any atom is -0.339 e. The third kappa shape index (κ3) is 5.53. The number of hydrogen-bond donors (Lipinski definition) is 0. The molecule has 0 spiro atoms. The maximum absolute atomic E-state index is 13.2. The Hall–Kier alpha value is -1.19. The molecule has 3 aliphatic rings. The predicted octanol–water partition coefficient (Wildman–Crippen LogP) is 1.13. The van der Waals surface area contributed by atoms with E-state index in [0.717, 1.165) is 32.2 Å². The molecule has 0 N–H and O–H groups in total. The fraction of sp³-hybridized carbons (Fsp3) is 0.905. The number of carbonyl (C=O) groups is 2. The molecule has 3 fully saturated rings. The summed E-state index contributed by atoms with van der Waals surface area (Å²) in [4.78, 5) is 31.8. The van der Waals surface area contributed by atoms with Crippen LogP contribution in [0.4, 0.5) is 0 Å². The monoisotopic (exact) mass is 442 g/mol. The van der Waals surface area contributed by atoms with Crippen molar-refractivity contribution in [3.05, 3.63) is 0 Å². The molecule has 9 heteroatoms. The van der Waals surface area contributed by atoms with Crippen LogP contribution >= 0.6 is 0 Å². The molecule has 172 valence electrons. The minimum atomic E-state index is -3.32. The van der Waals surface area contributed by atoms with Gasteiger partial charge in [-0.1, -0.05) is 19.8 Å². The zero-order valence-corrected chi connectivity index (χ0v) is 19.4. The summed E-state index contributed by atoms with van der Waals surface area (Å²) in [5.74, 6) is 0.267. The Balaban J connectivity index is 1.54. The maximum Gasteiger partial charge on any atom is 0.241 e. The van der Waals surface area contributed by atoms with Gasteiger partial charge in [-0.05, 0) is 39.0 Å². The van der Waals surface area contributed by atoms with Gasteiger partial charge in [-0.3, -0.25) is 14.5 Å². The molecule has 0 radical (unpaired) electrons. The van der Waals surface area contributed by atoms with E-state index < -0.39 is 16.1 Å². The van der Waals surface area contributed by atoms with E-state index in [4.69, 9.17) is 0 Å². The highest BCUT2D eigenvalue weighted by Gasteiger charge is 2.40. The van der Waals surface area contributed by atoms with E-state index in [1.165, 1.54) is 10.7 Å². The summed E-state index contributed by atoms with van der Waals surface area (Å²) in [6.07, 6.45) is 6.30. The molecular weight excluding hydrogens is 404 g/mol. The van der Waals surface area contributed by atoms with Gasteiger partial charge >= 0.3 is 0 Å². The third-order valence-electron chi connectivity index (χ3n) is 6.77. The van der Waals surface area contributed by atoms with Crippen molar-refractivity contribution < 1.29 is 18.0 Å². The lowest BCUT2D eigenvalue weighted by atomic mass is 10.0. The van der Waals surface area contributed by atoms with E-state index in [2.05, 4.69) is 18.7 Å². The van der Waals surface area contributed by atoms with Crippen molar-refractivity contribution in [2.24, 2.45) is 0 Å². The number of likely N-dealkylation sites (tertiary alicyclic amines) is 1.